The first-order chi connectivity index (χ1) is 14.8. The molecule has 0 aliphatic carbocycles. The number of piperidine rings is 1. The number of rotatable bonds is 4. The zero-order valence-electron chi connectivity index (χ0n) is 18.0. The molecule has 2 saturated heterocycles. The van der Waals surface area contributed by atoms with Gasteiger partial charge in [-0.05, 0) is 57.4 Å². The van der Waals surface area contributed by atoms with Crippen molar-refractivity contribution in [1.29, 1.82) is 0 Å². The summed E-state index contributed by atoms with van der Waals surface area (Å²) in [5.74, 6) is 0.874. The highest BCUT2D eigenvalue weighted by Gasteiger charge is 2.55. The number of aromatic nitrogens is 4. The third-order valence-electron chi connectivity index (χ3n) is 6.87. The van der Waals surface area contributed by atoms with Gasteiger partial charge >= 0.3 is 0 Å². The van der Waals surface area contributed by atoms with E-state index in [1.165, 1.54) is 0 Å². The number of halogens is 1. The minimum Gasteiger partial charge on any atom is -0.507 e. The van der Waals surface area contributed by atoms with Gasteiger partial charge in [0.2, 0.25) is 0 Å². The van der Waals surface area contributed by atoms with Crippen molar-refractivity contribution in [3.63, 3.8) is 0 Å². The number of imidazole rings is 1. The summed E-state index contributed by atoms with van der Waals surface area (Å²) in [6.45, 7) is 4.09. The van der Waals surface area contributed by atoms with Crippen LogP contribution < -0.4 is 10.2 Å². The molecule has 5 rings (SSSR count). The number of phenols is 1. The number of benzene rings is 1. The minimum atomic E-state index is -0.836. The summed E-state index contributed by atoms with van der Waals surface area (Å²) in [5.41, 5.74) is 1.34. The van der Waals surface area contributed by atoms with E-state index in [1.54, 1.807) is 18.6 Å². The molecule has 2 aliphatic heterocycles. The fourth-order valence-corrected chi connectivity index (χ4v) is 5.26. The van der Waals surface area contributed by atoms with Crippen molar-refractivity contribution >= 4 is 5.82 Å². The van der Waals surface area contributed by atoms with Crippen LogP contribution in [-0.2, 0) is 0 Å². The molecule has 0 amide bonds. The molecule has 2 bridgehead atoms. The molecule has 1 aromatic carbocycles. The van der Waals surface area contributed by atoms with Gasteiger partial charge in [-0.3, -0.25) is 0 Å². The Kier molecular flexibility index (Phi) is 4.51. The first-order valence-electron chi connectivity index (χ1n) is 10.6. The number of hydrogen-bond donors (Lipinski definition) is 2. The van der Waals surface area contributed by atoms with Crippen LogP contribution in [0.3, 0.4) is 0 Å². The quantitative estimate of drug-likeness (QED) is 0.670. The molecular weight excluding hydrogens is 395 g/mol. The van der Waals surface area contributed by atoms with Gasteiger partial charge < -0.3 is 19.9 Å². The molecule has 4 heterocycles. The molecule has 8 heteroatoms. The van der Waals surface area contributed by atoms with E-state index >= 15 is 0 Å². The van der Waals surface area contributed by atoms with Gasteiger partial charge in [0.05, 0.1) is 17.7 Å². The van der Waals surface area contributed by atoms with Gasteiger partial charge in [0.15, 0.2) is 5.82 Å². The highest BCUT2D eigenvalue weighted by molar-refractivity contribution is 5.69. The third kappa shape index (κ3) is 3.44. The van der Waals surface area contributed by atoms with E-state index in [-0.39, 0.29) is 17.3 Å². The highest BCUT2D eigenvalue weighted by Crippen LogP contribution is 2.45. The number of phenolic OH excluding ortho intramolecular Hbond substituents is 1. The second kappa shape index (κ2) is 7.02. The molecular formula is C23H27FN6O. The van der Waals surface area contributed by atoms with Crippen LogP contribution in [0.15, 0.2) is 49.1 Å². The van der Waals surface area contributed by atoms with Gasteiger partial charge in [-0.25, -0.2) is 9.37 Å². The molecule has 2 N–H and O–H groups in total. The van der Waals surface area contributed by atoms with Gasteiger partial charge in [-0.1, -0.05) is 0 Å². The molecule has 162 valence electrons. The molecule has 31 heavy (non-hydrogen) atoms. The van der Waals surface area contributed by atoms with Gasteiger partial charge in [0, 0.05) is 48.2 Å². The Morgan fingerprint density at radius 2 is 2.00 bits per heavy atom. The standard InChI is InChI=1S/C23H27FN6O/c1-22-11-16(12-23(2,28-22)20(24)13-22)29(3)21-7-6-18(26-27-21)17-5-4-15(10-19(17)31)30-9-8-25-14-30/h4-10,14,16,20,28,31H,11-13H2,1-3H3/t16-,20-,22+,23-/m0/s1. The fraction of sp³-hybridized carbons (Fsp3) is 0.435. The van der Waals surface area contributed by atoms with E-state index in [9.17, 15) is 9.50 Å². The first-order valence-corrected chi connectivity index (χ1v) is 10.6. The number of fused-ring (bicyclic) bond motifs is 2. The molecule has 0 saturated carbocycles. The van der Waals surface area contributed by atoms with Gasteiger partial charge in [-0.15, -0.1) is 10.2 Å². The number of hydrogen-bond acceptors (Lipinski definition) is 6. The Balaban J connectivity index is 1.36. The van der Waals surface area contributed by atoms with Crippen LogP contribution >= 0.6 is 0 Å². The maximum absolute atomic E-state index is 14.6. The maximum Gasteiger partial charge on any atom is 0.151 e. The number of aromatic hydroxyl groups is 1. The second-order valence-corrected chi connectivity index (χ2v) is 9.40. The van der Waals surface area contributed by atoms with E-state index in [4.69, 9.17) is 0 Å². The fourth-order valence-electron chi connectivity index (χ4n) is 5.26. The van der Waals surface area contributed by atoms with E-state index < -0.39 is 11.7 Å². The third-order valence-corrected chi connectivity index (χ3v) is 6.87. The highest BCUT2D eigenvalue weighted by atomic mass is 19.1. The SMILES string of the molecule is CN(c1ccc(-c2ccc(-n3ccnc3)cc2O)nn1)[C@H]1C[C@]2(C)C[C@H](F)[C@](C)(C1)N2. The number of alkyl halides is 1. The second-order valence-electron chi connectivity index (χ2n) is 9.40. The summed E-state index contributed by atoms with van der Waals surface area (Å²) in [4.78, 5) is 6.13. The zero-order chi connectivity index (χ0) is 21.8. The number of anilines is 1. The first kappa shape index (κ1) is 19.9. The van der Waals surface area contributed by atoms with Crippen molar-refractivity contribution in [3.05, 3.63) is 49.1 Å². The largest absolute Gasteiger partial charge is 0.507 e. The lowest BCUT2D eigenvalue weighted by molar-refractivity contribution is 0.165. The Hall–Kier alpha value is -3.00. The van der Waals surface area contributed by atoms with Crippen LogP contribution in [0.25, 0.3) is 16.9 Å². The van der Waals surface area contributed by atoms with Crippen LogP contribution in [0, 0.1) is 0 Å². The molecule has 2 aromatic heterocycles. The molecule has 3 aromatic rings. The predicted molar refractivity (Wildman–Crippen MR) is 117 cm³/mol. The Labute approximate surface area is 180 Å². The topological polar surface area (TPSA) is 79.1 Å². The predicted octanol–water partition coefficient (Wildman–Crippen LogP) is 3.48. The summed E-state index contributed by atoms with van der Waals surface area (Å²) < 4.78 is 16.4. The summed E-state index contributed by atoms with van der Waals surface area (Å²) >= 11 is 0. The lowest BCUT2D eigenvalue weighted by Gasteiger charge is -2.45. The smallest absolute Gasteiger partial charge is 0.151 e. The Bertz CT molecular complexity index is 1090. The minimum absolute atomic E-state index is 0.131. The van der Waals surface area contributed by atoms with E-state index in [0.29, 0.717) is 17.7 Å². The molecule has 2 aliphatic rings. The van der Waals surface area contributed by atoms with Gasteiger partial charge in [0.1, 0.15) is 11.9 Å². The van der Waals surface area contributed by atoms with Crippen LogP contribution in [0.2, 0.25) is 0 Å². The summed E-state index contributed by atoms with van der Waals surface area (Å²) in [7, 11) is 2.00. The van der Waals surface area contributed by atoms with Crippen molar-refractivity contribution in [1.82, 2.24) is 25.1 Å². The molecule has 0 radical (unpaired) electrons. The molecule has 0 unspecified atom stereocenters. The van der Waals surface area contributed by atoms with Crippen molar-refractivity contribution in [2.45, 2.75) is 56.4 Å². The van der Waals surface area contributed by atoms with Crippen LogP contribution in [-0.4, -0.2) is 55.2 Å². The summed E-state index contributed by atoms with van der Waals surface area (Å²) in [5, 5.41) is 22.8. The number of nitrogens with zero attached hydrogens (tertiary/aromatic N) is 5. The Morgan fingerprint density at radius 3 is 2.65 bits per heavy atom. The summed E-state index contributed by atoms with van der Waals surface area (Å²) in [6.07, 6.45) is 6.48. The van der Waals surface area contributed by atoms with Crippen molar-refractivity contribution in [2.24, 2.45) is 0 Å². The Morgan fingerprint density at radius 1 is 1.16 bits per heavy atom. The summed E-state index contributed by atoms with van der Waals surface area (Å²) in [6, 6.07) is 9.36. The average Bonchev–Trinajstić information content (AvgIpc) is 3.32. The lowest BCUT2D eigenvalue weighted by Crippen LogP contribution is -2.59. The lowest BCUT2D eigenvalue weighted by atomic mass is 9.84. The molecule has 4 atom stereocenters. The van der Waals surface area contributed by atoms with Crippen molar-refractivity contribution in [3.8, 4) is 22.7 Å². The normalized spacial score (nSPS) is 29.8. The van der Waals surface area contributed by atoms with Gasteiger partial charge in [0.25, 0.3) is 0 Å². The molecule has 2 fully saturated rings. The van der Waals surface area contributed by atoms with Crippen LogP contribution in [0.1, 0.15) is 33.1 Å². The zero-order valence-corrected chi connectivity index (χ0v) is 18.0. The maximum atomic E-state index is 14.6. The van der Waals surface area contributed by atoms with E-state index in [0.717, 1.165) is 24.3 Å². The molecule has 7 nitrogen and oxygen atoms in total. The van der Waals surface area contributed by atoms with Crippen molar-refractivity contribution < 1.29 is 9.50 Å². The van der Waals surface area contributed by atoms with E-state index in [1.807, 2.05) is 49.0 Å². The number of nitrogens with one attached hydrogen (secondary N) is 1. The average molecular weight is 423 g/mol. The van der Waals surface area contributed by atoms with Crippen molar-refractivity contribution in [2.75, 3.05) is 11.9 Å². The van der Waals surface area contributed by atoms with Gasteiger partial charge in [-0.2, -0.15) is 0 Å². The molecule has 0 spiro atoms. The van der Waals surface area contributed by atoms with Crippen LogP contribution in [0.5, 0.6) is 5.75 Å². The monoisotopic (exact) mass is 422 g/mol. The van der Waals surface area contributed by atoms with Crippen LogP contribution in [0.4, 0.5) is 10.2 Å². The van der Waals surface area contributed by atoms with E-state index in [2.05, 4.69) is 32.3 Å².